The minimum atomic E-state index is 0.899. The Balaban J connectivity index is 0.000000174. The van der Waals surface area contributed by atoms with E-state index in [1.54, 1.807) is 31.3 Å². The first-order valence-electron chi connectivity index (χ1n) is 19.4. The van der Waals surface area contributed by atoms with E-state index in [2.05, 4.69) is 68.4 Å². The molecule has 0 unspecified atom stereocenters. The summed E-state index contributed by atoms with van der Waals surface area (Å²) in [5.41, 5.74) is 11.6. The van der Waals surface area contributed by atoms with Crippen LogP contribution in [0.3, 0.4) is 0 Å². The summed E-state index contributed by atoms with van der Waals surface area (Å²) < 4.78 is 27.4. The molecule has 0 aliphatic carbocycles. The quantitative estimate of drug-likeness (QED) is 0.177. The average molecular weight is 735 g/mol. The Bertz CT molecular complexity index is 2550. The Kier molecular flexibility index (Phi) is 15.8. The molecule has 0 aliphatic heterocycles. The molecule has 0 fully saturated rings. The van der Waals surface area contributed by atoms with E-state index in [1.807, 2.05) is 116 Å². The predicted molar refractivity (Wildman–Crippen MR) is 234 cm³/mol. The van der Waals surface area contributed by atoms with Gasteiger partial charge in [0.05, 0.1) is 31.3 Å². The van der Waals surface area contributed by atoms with E-state index >= 15 is 0 Å². The van der Waals surface area contributed by atoms with Crippen LogP contribution in [0.4, 0.5) is 0 Å². The third-order valence-electron chi connectivity index (χ3n) is 8.56. The van der Waals surface area contributed by atoms with Gasteiger partial charge in [-0.25, -0.2) is 0 Å². The highest BCUT2D eigenvalue weighted by Gasteiger charge is 2.13. The van der Waals surface area contributed by atoms with Gasteiger partial charge in [-0.2, -0.15) is 0 Å². The van der Waals surface area contributed by atoms with Crippen molar-refractivity contribution < 1.29 is 22.1 Å². The van der Waals surface area contributed by atoms with Crippen LogP contribution >= 0.6 is 0 Å². The molecule has 0 atom stereocenters. The van der Waals surface area contributed by atoms with Crippen molar-refractivity contribution in [2.45, 2.75) is 69.2 Å². The lowest BCUT2D eigenvalue weighted by Gasteiger charge is -2.05. The maximum absolute atomic E-state index is 5.63. The highest BCUT2D eigenvalue weighted by atomic mass is 16.3. The fourth-order valence-electron chi connectivity index (χ4n) is 6.22. The molecule has 0 spiro atoms. The van der Waals surface area contributed by atoms with Crippen LogP contribution in [-0.4, -0.2) is 0 Å². The minimum Gasteiger partial charge on any atom is -0.464 e. The van der Waals surface area contributed by atoms with Crippen molar-refractivity contribution in [3.8, 4) is 22.3 Å². The van der Waals surface area contributed by atoms with E-state index in [9.17, 15) is 0 Å². The number of hydrogen-bond donors (Lipinski definition) is 0. The number of furan rings is 5. The normalized spacial score (nSPS) is 10.0. The van der Waals surface area contributed by atoms with E-state index in [1.165, 1.54) is 10.9 Å². The van der Waals surface area contributed by atoms with Crippen LogP contribution in [0.2, 0.25) is 0 Å². The molecule has 5 nitrogen and oxygen atoms in total. The number of hydrogen-bond acceptors (Lipinski definition) is 5. The zero-order chi connectivity index (χ0) is 39.7. The molecular formula is C50H54O5. The van der Waals surface area contributed by atoms with Gasteiger partial charge in [0.2, 0.25) is 0 Å². The molecule has 5 aromatic heterocycles. The Morgan fingerprint density at radius 2 is 0.709 bits per heavy atom. The molecule has 284 valence electrons. The second-order valence-electron chi connectivity index (χ2n) is 11.4. The monoisotopic (exact) mass is 734 g/mol. The summed E-state index contributed by atoms with van der Waals surface area (Å²) in [4.78, 5) is 0. The highest BCUT2D eigenvalue weighted by molar-refractivity contribution is 6.03. The van der Waals surface area contributed by atoms with Gasteiger partial charge >= 0.3 is 0 Å². The minimum absolute atomic E-state index is 0.899. The SMILES string of the molecule is CC.CC.CC.CC.Cc1ccc(-c2cccc3ccoc23)c2ccoc12.Cc1cccc2occc12.c1cc(-c2cccc3occc23)c2occc2c1. The molecule has 0 bridgehead atoms. The van der Waals surface area contributed by atoms with Crippen LogP contribution in [0, 0.1) is 13.8 Å². The molecule has 5 heterocycles. The number of benzene rings is 5. The van der Waals surface area contributed by atoms with Crippen LogP contribution in [0.5, 0.6) is 0 Å². The number of aryl methyl sites for hydroxylation is 2. The molecule has 0 N–H and O–H groups in total. The smallest absolute Gasteiger partial charge is 0.141 e. The molecule has 0 saturated carbocycles. The van der Waals surface area contributed by atoms with Gasteiger partial charge in [-0.15, -0.1) is 0 Å². The second-order valence-corrected chi connectivity index (χ2v) is 11.4. The summed E-state index contributed by atoms with van der Waals surface area (Å²) in [6.07, 6.45) is 8.64. The standard InChI is InChI=1S/C17H12O2.C16H10O2.C9H8O.4C2H6/c1-11-5-6-13(15-8-10-18-16(11)15)14-4-2-3-12-7-9-19-17(12)14;1-3-11-7-9-18-16(11)14(5-1)12-4-2-6-15-13(12)8-10-17-15;1-7-3-2-4-9-8(7)5-6-10-9;4*1-2/h2-10H,1H3;1-10H;2-6H,1H3;4*1-2H3. The summed E-state index contributed by atoms with van der Waals surface area (Å²) in [6.45, 7) is 20.1. The molecule has 0 amide bonds. The molecule has 10 aromatic rings. The fraction of sp³-hybridized carbons (Fsp3) is 0.200. The van der Waals surface area contributed by atoms with Crippen LogP contribution in [0.25, 0.3) is 77.1 Å². The largest absolute Gasteiger partial charge is 0.464 e. The zero-order valence-electron chi connectivity index (χ0n) is 33.9. The maximum Gasteiger partial charge on any atom is 0.141 e. The Morgan fingerprint density at radius 1 is 0.291 bits per heavy atom. The van der Waals surface area contributed by atoms with E-state index < -0.39 is 0 Å². The zero-order valence-corrected chi connectivity index (χ0v) is 33.9. The molecule has 5 aromatic carbocycles. The van der Waals surface area contributed by atoms with Crippen molar-refractivity contribution >= 4 is 54.8 Å². The first kappa shape index (κ1) is 41.6. The lowest BCUT2D eigenvalue weighted by Crippen LogP contribution is -1.82. The number of fused-ring (bicyclic) bond motifs is 5. The van der Waals surface area contributed by atoms with Crippen molar-refractivity contribution in [2.75, 3.05) is 0 Å². The van der Waals surface area contributed by atoms with Crippen LogP contribution < -0.4 is 0 Å². The van der Waals surface area contributed by atoms with E-state index in [0.29, 0.717) is 0 Å². The third kappa shape index (κ3) is 9.13. The maximum atomic E-state index is 5.63. The van der Waals surface area contributed by atoms with Gasteiger partial charge < -0.3 is 22.1 Å². The third-order valence-corrected chi connectivity index (χ3v) is 8.56. The lowest BCUT2D eigenvalue weighted by molar-refractivity contribution is 0.613. The molecule has 0 radical (unpaired) electrons. The van der Waals surface area contributed by atoms with Crippen molar-refractivity contribution in [3.63, 3.8) is 0 Å². The fourth-order valence-corrected chi connectivity index (χ4v) is 6.22. The summed E-state index contributed by atoms with van der Waals surface area (Å²) in [6, 6.07) is 38.7. The van der Waals surface area contributed by atoms with Gasteiger partial charge in [-0.1, -0.05) is 128 Å². The van der Waals surface area contributed by atoms with Crippen LogP contribution in [-0.2, 0) is 0 Å². The van der Waals surface area contributed by atoms with Crippen molar-refractivity contribution in [1.82, 2.24) is 0 Å². The average Bonchev–Trinajstić information content (AvgIpc) is 4.11. The highest BCUT2D eigenvalue weighted by Crippen LogP contribution is 2.36. The summed E-state index contributed by atoms with van der Waals surface area (Å²) in [7, 11) is 0. The number of para-hydroxylation sites is 2. The van der Waals surface area contributed by atoms with Gasteiger partial charge in [0.1, 0.15) is 27.9 Å². The van der Waals surface area contributed by atoms with Gasteiger partial charge in [-0.3, -0.25) is 0 Å². The molecule has 5 heteroatoms. The first-order chi connectivity index (χ1) is 27.2. The van der Waals surface area contributed by atoms with E-state index in [-0.39, 0.29) is 0 Å². The second kappa shape index (κ2) is 20.9. The molecule has 10 rings (SSSR count). The lowest BCUT2D eigenvalue weighted by atomic mass is 9.98. The van der Waals surface area contributed by atoms with E-state index in [0.717, 1.165) is 77.3 Å². The number of rotatable bonds is 2. The Labute approximate surface area is 325 Å². The van der Waals surface area contributed by atoms with Gasteiger partial charge in [0.25, 0.3) is 0 Å². The predicted octanol–water partition coefficient (Wildman–Crippen LogP) is 16.8. The van der Waals surface area contributed by atoms with Crippen LogP contribution in [0.15, 0.2) is 169 Å². The van der Waals surface area contributed by atoms with Crippen molar-refractivity contribution in [1.29, 1.82) is 0 Å². The summed E-state index contributed by atoms with van der Waals surface area (Å²) in [5.74, 6) is 0. The van der Waals surface area contributed by atoms with Crippen molar-refractivity contribution in [2.24, 2.45) is 0 Å². The van der Waals surface area contributed by atoms with Gasteiger partial charge in [0, 0.05) is 38.1 Å². The summed E-state index contributed by atoms with van der Waals surface area (Å²) in [5, 5.41) is 5.69. The van der Waals surface area contributed by atoms with Gasteiger partial charge in [0.15, 0.2) is 0 Å². The molecule has 0 saturated heterocycles. The first-order valence-corrected chi connectivity index (χ1v) is 19.4. The summed E-state index contributed by atoms with van der Waals surface area (Å²) >= 11 is 0. The van der Waals surface area contributed by atoms with E-state index in [4.69, 9.17) is 22.1 Å². The topological polar surface area (TPSA) is 65.7 Å². The van der Waals surface area contributed by atoms with Gasteiger partial charge in [-0.05, 0) is 78.6 Å². The van der Waals surface area contributed by atoms with Crippen LogP contribution in [0.1, 0.15) is 66.5 Å². The Hall–Kier alpha value is -6.20. The molecule has 55 heavy (non-hydrogen) atoms. The van der Waals surface area contributed by atoms with Crippen molar-refractivity contribution in [3.05, 3.63) is 158 Å². The molecular weight excluding hydrogens is 681 g/mol. The molecule has 0 aliphatic rings. The Morgan fingerprint density at radius 3 is 1.29 bits per heavy atom.